The van der Waals surface area contributed by atoms with E-state index in [1.807, 2.05) is 19.1 Å². The van der Waals surface area contributed by atoms with Gasteiger partial charge in [-0.3, -0.25) is 4.40 Å². The first-order chi connectivity index (χ1) is 8.49. The van der Waals surface area contributed by atoms with E-state index in [-0.39, 0.29) is 5.69 Å². The maximum atomic E-state index is 11.3. The molecule has 5 nitrogen and oxygen atoms in total. The number of rotatable bonds is 1. The molecule has 0 bridgehead atoms. The van der Waals surface area contributed by atoms with E-state index in [4.69, 9.17) is 0 Å². The van der Waals surface area contributed by atoms with Crippen molar-refractivity contribution in [3.8, 4) is 0 Å². The van der Waals surface area contributed by atoms with Gasteiger partial charge in [0.2, 0.25) is 5.78 Å². The number of nitrogens with zero attached hydrogens (tertiary/aromatic N) is 2. The van der Waals surface area contributed by atoms with Crippen molar-refractivity contribution < 1.29 is 9.90 Å². The third kappa shape index (κ3) is 1.38. The van der Waals surface area contributed by atoms with Crippen molar-refractivity contribution in [2.75, 3.05) is 0 Å². The summed E-state index contributed by atoms with van der Waals surface area (Å²) >= 11 is 3.42. The molecule has 0 fully saturated rings. The van der Waals surface area contributed by atoms with Gasteiger partial charge in [0.1, 0.15) is 0 Å². The Kier molecular flexibility index (Phi) is 2.25. The Morgan fingerprint density at radius 3 is 2.83 bits per heavy atom. The number of fused-ring (bicyclic) bond motifs is 3. The van der Waals surface area contributed by atoms with Gasteiger partial charge in [-0.1, -0.05) is 15.9 Å². The molecule has 92 valence electrons. The summed E-state index contributed by atoms with van der Waals surface area (Å²) in [4.78, 5) is 18.8. The van der Waals surface area contributed by atoms with E-state index in [9.17, 15) is 9.90 Å². The Hall–Kier alpha value is -1.82. The summed E-state index contributed by atoms with van der Waals surface area (Å²) in [6, 6.07) is 3.84. The molecule has 2 heterocycles. The van der Waals surface area contributed by atoms with Crippen LogP contribution in [0.2, 0.25) is 0 Å². The number of benzene rings is 1. The van der Waals surface area contributed by atoms with Gasteiger partial charge in [0, 0.05) is 10.2 Å². The number of nitrogens with one attached hydrogen (secondary N) is 1. The van der Waals surface area contributed by atoms with Crippen molar-refractivity contribution in [1.82, 2.24) is 14.4 Å². The predicted molar refractivity (Wildman–Crippen MR) is 71.2 cm³/mol. The van der Waals surface area contributed by atoms with Crippen LogP contribution in [-0.2, 0) is 0 Å². The van der Waals surface area contributed by atoms with E-state index in [2.05, 4.69) is 25.9 Å². The van der Waals surface area contributed by atoms with Crippen LogP contribution in [0.4, 0.5) is 0 Å². The maximum Gasteiger partial charge on any atom is 0.354 e. The van der Waals surface area contributed by atoms with E-state index < -0.39 is 5.97 Å². The minimum Gasteiger partial charge on any atom is -0.477 e. The molecular formula is C12H10BrN3O2. The van der Waals surface area contributed by atoms with Gasteiger partial charge in [-0.15, -0.1) is 0 Å². The molecule has 3 aromatic rings. The Morgan fingerprint density at radius 1 is 1.44 bits per heavy atom. The standard InChI is InChI=1S/C12H10BrN3O2/c1-5-3-7(13)4-8-9(5)15-12-14-6(2)10(11(17)18)16(8)12/h3-4H,1-2H3,(H,14,15)(H,17,18). The molecule has 0 aliphatic rings. The van der Waals surface area contributed by atoms with E-state index in [1.54, 1.807) is 11.3 Å². The molecule has 1 aromatic carbocycles. The second-order valence-corrected chi connectivity index (χ2v) is 5.18. The Balaban J connectivity index is 2.57. The molecule has 0 aliphatic heterocycles. The van der Waals surface area contributed by atoms with Gasteiger partial charge >= 0.3 is 5.97 Å². The van der Waals surface area contributed by atoms with Gasteiger partial charge in [-0.05, 0) is 31.5 Å². The third-order valence-corrected chi connectivity index (χ3v) is 3.45. The van der Waals surface area contributed by atoms with Crippen LogP contribution in [0.25, 0.3) is 16.8 Å². The molecule has 0 atom stereocenters. The maximum absolute atomic E-state index is 11.3. The normalized spacial score (nSPS) is 11.5. The lowest BCUT2D eigenvalue weighted by Crippen LogP contribution is -2.03. The summed E-state index contributed by atoms with van der Waals surface area (Å²) in [5.74, 6) is -0.406. The van der Waals surface area contributed by atoms with Crippen molar-refractivity contribution in [3.05, 3.63) is 33.6 Å². The number of aromatic amines is 1. The fourth-order valence-electron chi connectivity index (χ4n) is 2.26. The molecule has 2 aromatic heterocycles. The second-order valence-electron chi connectivity index (χ2n) is 4.26. The van der Waals surface area contributed by atoms with Crippen LogP contribution in [-0.4, -0.2) is 25.4 Å². The van der Waals surface area contributed by atoms with Gasteiger partial charge in [0.15, 0.2) is 5.69 Å². The van der Waals surface area contributed by atoms with Crippen molar-refractivity contribution in [1.29, 1.82) is 0 Å². The van der Waals surface area contributed by atoms with Gasteiger partial charge in [0.05, 0.1) is 11.0 Å². The number of hydrogen-bond donors (Lipinski definition) is 2. The third-order valence-electron chi connectivity index (χ3n) is 3.00. The Labute approximate surface area is 111 Å². The molecule has 0 spiro atoms. The number of hydrogen-bond acceptors (Lipinski definition) is 2. The quantitative estimate of drug-likeness (QED) is 0.726. The summed E-state index contributed by atoms with van der Waals surface area (Å²) < 4.78 is 2.55. The highest BCUT2D eigenvalue weighted by Gasteiger charge is 2.19. The zero-order chi connectivity index (χ0) is 13.0. The number of carboxylic acids is 1. The number of carboxylic acid groups (broad SMARTS) is 1. The molecule has 0 saturated heterocycles. The van der Waals surface area contributed by atoms with Gasteiger partial charge in [-0.25, -0.2) is 9.78 Å². The summed E-state index contributed by atoms with van der Waals surface area (Å²) in [6.45, 7) is 3.68. The monoisotopic (exact) mass is 307 g/mol. The van der Waals surface area contributed by atoms with Crippen LogP contribution >= 0.6 is 15.9 Å². The summed E-state index contributed by atoms with van der Waals surface area (Å²) in [5, 5.41) is 9.29. The minimum atomic E-state index is -0.962. The average Bonchev–Trinajstić information content (AvgIpc) is 2.73. The predicted octanol–water partition coefficient (Wildman–Crippen LogP) is 2.89. The fraction of sp³-hybridized carbons (Fsp3) is 0.167. The van der Waals surface area contributed by atoms with Crippen LogP contribution in [0.1, 0.15) is 21.7 Å². The average molecular weight is 308 g/mol. The van der Waals surface area contributed by atoms with Crippen LogP contribution < -0.4 is 0 Å². The molecule has 0 radical (unpaired) electrons. The lowest BCUT2D eigenvalue weighted by atomic mass is 10.2. The molecular weight excluding hydrogens is 298 g/mol. The van der Waals surface area contributed by atoms with Gasteiger partial charge in [-0.2, -0.15) is 0 Å². The lowest BCUT2D eigenvalue weighted by Gasteiger charge is -1.99. The molecule has 2 N–H and O–H groups in total. The zero-order valence-electron chi connectivity index (χ0n) is 9.78. The number of aromatic nitrogens is 3. The summed E-state index contributed by atoms with van der Waals surface area (Å²) in [7, 11) is 0. The highest BCUT2D eigenvalue weighted by atomic mass is 79.9. The summed E-state index contributed by atoms with van der Waals surface area (Å²) in [5.41, 5.74) is 3.44. The highest BCUT2D eigenvalue weighted by Crippen LogP contribution is 2.26. The summed E-state index contributed by atoms with van der Waals surface area (Å²) in [6.07, 6.45) is 0. The van der Waals surface area contributed by atoms with E-state index in [0.717, 1.165) is 21.1 Å². The minimum absolute atomic E-state index is 0.227. The molecule has 0 aliphatic carbocycles. The molecule has 3 rings (SSSR count). The molecule has 0 saturated carbocycles. The van der Waals surface area contributed by atoms with E-state index in [1.165, 1.54) is 0 Å². The van der Waals surface area contributed by atoms with Crippen molar-refractivity contribution in [3.63, 3.8) is 0 Å². The first-order valence-electron chi connectivity index (χ1n) is 5.39. The number of H-pyrrole nitrogens is 1. The number of imidazole rings is 2. The van der Waals surface area contributed by atoms with Crippen molar-refractivity contribution in [2.24, 2.45) is 0 Å². The van der Waals surface area contributed by atoms with E-state index >= 15 is 0 Å². The molecule has 18 heavy (non-hydrogen) atoms. The zero-order valence-corrected chi connectivity index (χ0v) is 11.4. The smallest absolute Gasteiger partial charge is 0.354 e. The van der Waals surface area contributed by atoms with Crippen LogP contribution in [0.3, 0.4) is 0 Å². The number of halogens is 1. The Morgan fingerprint density at radius 2 is 2.17 bits per heavy atom. The van der Waals surface area contributed by atoms with Crippen LogP contribution in [0, 0.1) is 13.8 Å². The second kappa shape index (κ2) is 3.58. The number of aryl methyl sites for hydroxylation is 2. The largest absolute Gasteiger partial charge is 0.477 e. The first kappa shape index (κ1) is 11.3. The van der Waals surface area contributed by atoms with Crippen LogP contribution in [0.15, 0.2) is 16.6 Å². The first-order valence-corrected chi connectivity index (χ1v) is 6.18. The van der Waals surface area contributed by atoms with E-state index in [0.29, 0.717) is 11.5 Å². The highest BCUT2D eigenvalue weighted by molar-refractivity contribution is 9.10. The fourth-order valence-corrected chi connectivity index (χ4v) is 2.82. The molecule has 0 unspecified atom stereocenters. The number of aromatic carboxylic acids is 1. The Bertz CT molecular complexity index is 801. The van der Waals surface area contributed by atoms with Gasteiger partial charge < -0.3 is 10.1 Å². The van der Waals surface area contributed by atoms with Gasteiger partial charge in [0.25, 0.3) is 0 Å². The van der Waals surface area contributed by atoms with Crippen molar-refractivity contribution >= 4 is 38.7 Å². The lowest BCUT2D eigenvalue weighted by molar-refractivity contribution is 0.0689. The molecule has 0 amide bonds. The number of carbonyl (C=O) groups is 1. The molecule has 6 heteroatoms. The van der Waals surface area contributed by atoms with Crippen LogP contribution in [0.5, 0.6) is 0 Å². The SMILES string of the molecule is Cc1[nH]c2nc3c(C)cc(Br)cc3n2c1C(=O)O. The van der Waals surface area contributed by atoms with Crippen molar-refractivity contribution in [2.45, 2.75) is 13.8 Å². The topological polar surface area (TPSA) is 70.4 Å².